The van der Waals surface area contributed by atoms with E-state index in [-0.39, 0.29) is 12.1 Å². The highest BCUT2D eigenvalue weighted by molar-refractivity contribution is 9.10. The predicted octanol–water partition coefficient (Wildman–Crippen LogP) is 1.57. The van der Waals surface area contributed by atoms with Crippen molar-refractivity contribution in [2.45, 2.75) is 6.17 Å². The lowest BCUT2D eigenvalue weighted by Gasteiger charge is -2.16. The van der Waals surface area contributed by atoms with E-state index < -0.39 is 0 Å². The lowest BCUT2D eigenvalue weighted by atomic mass is 10.4. The minimum absolute atomic E-state index is 0.0434. The SMILES string of the molecule is CN1CC(=O)N[C@@H]1c1sccc1Br. The molecule has 0 unspecified atom stereocenters. The number of likely N-dealkylation sites (N-methyl/N-ethyl adjacent to an activating group) is 1. The van der Waals surface area contributed by atoms with Gasteiger partial charge in [-0.25, -0.2) is 0 Å². The number of hydrogen-bond donors (Lipinski definition) is 1. The summed E-state index contributed by atoms with van der Waals surface area (Å²) in [5.74, 6) is 0.0906. The molecule has 1 N–H and O–H groups in total. The minimum Gasteiger partial charge on any atom is -0.335 e. The van der Waals surface area contributed by atoms with Gasteiger partial charge in [0.15, 0.2) is 0 Å². The first kappa shape index (κ1) is 9.18. The first-order chi connectivity index (χ1) is 6.18. The highest BCUT2D eigenvalue weighted by Gasteiger charge is 2.29. The van der Waals surface area contributed by atoms with Crippen LogP contribution in [0.25, 0.3) is 0 Å². The van der Waals surface area contributed by atoms with Crippen LogP contribution in [0.3, 0.4) is 0 Å². The number of rotatable bonds is 1. The molecule has 3 nitrogen and oxygen atoms in total. The van der Waals surface area contributed by atoms with Crippen molar-refractivity contribution < 1.29 is 4.79 Å². The van der Waals surface area contributed by atoms with Crippen molar-refractivity contribution in [1.29, 1.82) is 0 Å². The highest BCUT2D eigenvalue weighted by atomic mass is 79.9. The van der Waals surface area contributed by atoms with E-state index in [9.17, 15) is 4.79 Å². The molecule has 13 heavy (non-hydrogen) atoms. The summed E-state index contributed by atoms with van der Waals surface area (Å²) in [7, 11) is 1.94. The van der Waals surface area contributed by atoms with Crippen LogP contribution in [0.2, 0.25) is 0 Å². The van der Waals surface area contributed by atoms with Crippen molar-refractivity contribution >= 4 is 33.2 Å². The molecule has 1 aromatic rings. The van der Waals surface area contributed by atoms with Crippen molar-refractivity contribution in [3.8, 4) is 0 Å². The van der Waals surface area contributed by atoms with E-state index in [4.69, 9.17) is 0 Å². The summed E-state index contributed by atoms with van der Waals surface area (Å²) in [6.07, 6.45) is 0.0434. The Hall–Kier alpha value is -0.390. The Kier molecular flexibility index (Phi) is 2.40. The monoisotopic (exact) mass is 260 g/mol. The Labute approximate surface area is 88.9 Å². The van der Waals surface area contributed by atoms with Crippen LogP contribution in [0.15, 0.2) is 15.9 Å². The minimum atomic E-state index is 0.0434. The Morgan fingerprint density at radius 2 is 2.54 bits per heavy atom. The fraction of sp³-hybridized carbons (Fsp3) is 0.375. The molecular weight excluding hydrogens is 252 g/mol. The van der Waals surface area contributed by atoms with Crippen molar-refractivity contribution in [2.24, 2.45) is 0 Å². The molecule has 0 spiro atoms. The Bertz CT molecular complexity index is 339. The van der Waals surface area contributed by atoms with Crippen LogP contribution in [-0.4, -0.2) is 24.4 Å². The van der Waals surface area contributed by atoms with Gasteiger partial charge in [-0.2, -0.15) is 0 Å². The van der Waals surface area contributed by atoms with Gasteiger partial charge in [0.2, 0.25) is 5.91 Å². The largest absolute Gasteiger partial charge is 0.335 e. The van der Waals surface area contributed by atoms with E-state index in [0.717, 1.165) is 9.35 Å². The molecule has 0 aromatic carbocycles. The van der Waals surface area contributed by atoms with Gasteiger partial charge in [-0.1, -0.05) is 0 Å². The molecule has 1 fully saturated rings. The third kappa shape index (κ3) is 1.63. The van der Waals surface area contributed by atoms with E-state index in [1.807, 2.05) is 23.4 Å². The van der Waals surface area contributed by atoms with Gasteiger partial charge in [-0.3, -0.25) is 9.69 Å². The molecule has 0 bridgehead atoms. The number of thiophene rings is 1. The van der Waals surface area contributed by atoms with E-state index in [0.29, 0.717) is 6.54 Å². The zero-order chi connectivity index (χ0) is 9.42. The van der Waals surface area contributed by atoms with Gasteiger partial charge in [0.1, 0.15) is 6.17 Å². The van der Waals surface area contributed by atoms with Crippen LogP contribution < -0.4 is 5.32 Å². The van der Waals surface area contributed by atoms with Crippen LogP contribution in [-0.2, 0) is 4.79 Å². The number of amides is 1. The molecule has 1 aliphatic rings. The Balaban J connectivity index is 2.27. The summed E-state index contributed by atoms with van der Waals surface area (Å²) in [6, 6.07) is 2.00. The second kappa shape index (κ2) is 3.40. The van der Waals surface area contributed by atoms with Gasteiger partial charge in [0.25, 0.3) is 0 Å². The van der Waals surface area contributed by atoms with E-state index >= 15 is 0 Å². The Morgan fingerprint density at radius 3 is 3.00 bits per heavy atom. The first-order valence-electron chi connectivity index (χ1n) is 3.91. The molecule has 0 aliphatic carbocycles. The predicted molar refractivity (Wildman–Crippen MR) is 55.5 cm³/mol. The number of halogens is 1. The van der Waals surface area contributed by atoms with Gasteiger partial charge < -0.3 is 5.32 Å². The van der Waals surface area contributed by atoms with Crippen molar-refractivity contribution in [2.75, 3.05) is 13.6 Å². The molecule has 5 heteroatoms. The standard InChI is InChI=1S/C8H9BrN2OS/c1-11-4-6(12)10-8(11)7-5(9)2-3-13-7/h2-3,8H,4H2,1H3,(H,10,12)/t8-/m0/s1. The lowest BCUT2D eigenvalue weighted by molar-refractivity contribution is -0.118. The molecule has 2 heterocycles. The molecular formula is C8H9BrN2OS. The number of carbonyl (C=O) groups is 1. The van der Waals surface area contributed by atoms with E-state index in [1.54, 1.807) is 11.3 Å². The highest BCUT2D eigenvalue weighted by Crippen LogP contribution is 2.32. The zero-order valence-electron chi connectivity index (χ0n) is 7.08. The molecule has 1 atom stereocenters. The number of carbonyl (C=O) groups excluding carboxylic acids is 1. The Morgan fingerprint density at radius 1 is 1.77 bits per heavy atom. The topological polar surface area (TPSA) is 32.3 Å². The van der Waals surface area contributed by atoms with Crippen LogP contribution >= 0.6 is 27.3 Å². The van der Waals surface area contributed by atoms with Crippen molar-refractivity contribution in [3.63, 3.8) is 0 Å². The first-order valence-corrected chi connectivity index (χ1v) is 5.58. The van der Waals surface area contributed by atoms with E-state index in [1.165, 1.54) is 0 Å². The van der Waals surface area contributed by atoms with Crippen LogP contribution in [0.4, 0.5) is 0 Å². The second-order valence-corrected chi connectivity index (χ2v) is 4.82. The van der Waals surface area contributed by atoms with Crippen LogP contribution in [0.1, 0.15) is 11.0 Å². The lowest BCUT2D eigenvalue weighted by Crippen LogP contribution is -2.23. The average Bonchev–Trinajstić information content (AvgIpc) is 2.58. The molecule has 1 aliphatic heterocycles. The summed E-state index contributed by atoms with van der Waals surface area (Å²) < 4.78 is 1.07. The van der Waals surface area contributed by atoms with Crippen LogP contribution in [0, 0.1) is 0 Å². The van der Waals surface area contributed by atoms with Crippen molar-refractivity contribution in [3.05, 3.63) is 20.8 Å². The number of nitrogens with one attached hydrogen (secondary N) is 1. The molecule has 1 saturated heterocycles. The summed E-state index contributed by atoms with van der Waals surface area (Å²) in [5, 5.41) is 4.93. The van der Waals surface area contributed by atoms with Crippen molar-refractivity contribution in [1.82, 2.24) is 10.2 Å². The molecule has 1 amide bonds. The van der Waals surface area contributed by atoms with E-state index in [2.05, 4.69) is 21.2 Å². The van der Waals surface area contributed by atoms with Gasteiger partial charge in [-0.15, -0.1) is 11.3 Å². The fourth-order valence-electron chi connectivity index (χ4n) is 1.39. The number of nitrogens with zero attached hydrogens (tertiary/aromatic N) is 1. The summed E-state index contributed by atoms with van der Waals surface area (Å²) in [6.45, 7) is 0.481. The summed E-state index contributed by atoms with van der Waals surface area (Å²) in [5.41, 5.74) is 0. The molecule has 0 radical (unpaired) electrons. The molecule has 1 aromatic heterocycles. The van der Waals surface area contributed by atoms with Gasteiger partial charge in [0, 0.05) is 4.47 Å². The van der Waals surface area contributed by atoms with Gasteiger partial charge in [-0.05, 0) is 34.4 Å². The third-order valence-electron chi connectivity index (χ3n) is 2.02. The zero-order valence-corrected chi connectivity index (χ0v) is 9.48. The number of hydrogen-bond acceptors (Lipinski definition) is 3. The van der Waals surface area contributed by atoms with Gasteiger partial charge >= 0.3 is 0 Å². The molecule has 0 saturated carbocycles. The fourth-order valence-corrected chi connectivity index (χ4v) is 3.10. The molecule has 2 rings (SSSR count). The maximum absolute atomic E-state index is 11.1. The third-order valence-corrected chi connectivity index (χ3v) is 3.95. The normalized spacial score (nSPS) is 23.5. The average molecular weight is 261 g/mol. The quantitative estimate of drug-likeness (QED) is 0.832. The molecule has 70 valence electrons. The maximum Gasteiger partial charge on any atom is 0.235 e. The van der Waals surface area contributed by atoms with Gasteiger partial charge in [0.05, 0.1) is 11.4 Å². The summed E-state index contributed by atoms with van der Waals surface area (Å²) in [4.78, 5) is 14.3. The van der Waals surface area contributed by atoms with Crippen LogP contribution in [0.5, 0.6) is 0 Å². The summed E-state index contributed by atoms with van der Waals surface area (Å²) >= 11 is 5.11. The maximum atomic E-state index is 11.1. The second-order valence-electron chi connectivity index (χ2n) is 3.02. The smallest absolute Gasteiger partial charge is 0.235 e.